The Balaban J connectivity index is 1.64. The van der Waals surface area contributed by atoms with Crippen LogP contribution >= 0.6 is 24.0 Å². The Morgan fingerprint density at radius 3 is 2.39 bits per heavy atom. The summed E-state index contributed by atoms with van der Waals surface area (Å²) in [5, 5.41) is 0. The Kier molecular flexibility index (Phi) is 7.62. The number of carbonyl (C=O) groups excluding carboxylic acids is 1. The first-order valence-corrected chi connectivity index (χ1v) is 11.3. The van der Waals surface area contributed by atoms with Crippen molar-refractivity contribution in [2.75, 3.05) is 27.4 Å². The van der Waals surface area contributed by atoms with Crippen LogP contribution < -0.4 is 14.2 Å². The lowest BCUT2D eigenvalue weighted by atomic mass is 10.0. The number of nitrogens with zero attached hydrogens (tertiary/aromatic N) is 1. The van der Waals surface area contributed by atoms with Gasteiger partial charge >= 0.3 is 0 Å². The van der Waals surface area contributed by atoms with Crippen LogP contribution in [-0.2, 0) is 4.79 Å². The molecule has 0 spiro atoms. The highest BCUT2D eigenvalue weighted by Crippen LogP contribution is 2.34. The predicted octanol–water partition coefficient (Wildman–Crippen LogP) is 5.42. The number of methoxy groups -OCH3 is 1. The first-order chi connectivity index (χ1) is 14.8. The first-order valence-electron chi connectivity index (χ1n) is 10.1. The van der Waals surface area contributed by atoms with Crippen molar-refractivity contribution < 1.29 is 19.0 Å². The maximum atomic E-state index is 12.2. The third kappa shape index (κ3) is 5.60. The molecule has 0 saturated carbocycles. The van der Waals surface area contributed by atoms with Gasteiger partial charge in [-0.15, -0.1) is 0 Å². The van der Waals surface area contributed by atoms with Gasteiger partial charge in [0.1, 0.15) is 23.3 Å². The third-order valence-corrected chi connectivity index (χ3v) is 6.35. The van der Waals surface area contributed by atoms with Crippen LogP contribution in [0.1, 0.15) is 36.5 Å². The Morgan fingerprint density at radius 1 is 1.06 bits per heavy atom. The van der Waals surface area contributed by atoms with Crippen molar-refractivity contribution in [3.8, 4) is 17.2 Å². The van der Waals surface area contributed by atoms with Crippen LogP contribution in [0.25, 0.3) is 6.08 Å². The highest BCUT2D eigenvalue weighted by molar-refractivity contribution is 8.26. The molecule has 3 rings (SSSR count). The molecule has 0 aromatic heterocycles. The summed E-state index contributed by atoms with van der Waals surface area (Å²) >= 11 is 6.47. The van der Waals surface area contributed by atoms with Crippen molar-refractivity contribution in [1.82, 2.24) is 4.90 Å². The summed E-state index contributed by atoms with van der Waals surface area (Å²) in [6, 6.07) is 11.8. The van der Waals surface area contributed by atoms with Crippen LogP contribution in [0.2, 0.25) is 0 Å². The molecule has 1 amide bonds. The van der Waals surface area contributed by atoms with Gasteiger partial charge in [0.25, 0.3) is 5.91 Å². The van der Waals surface area contributed by atoms with Crippen molar-refractivity contribution in [3.05, 3.63) is 58.0 Å². The van der Waals surface area contributed by atoms with Gasteiger partial charge in [-0.2, -0.15) is 0 Å². The Hall–Kier alpha value is -2.51. The fourth-order valence-electron chi connectivity index (χ4n) is 3.14. The van der Waals surface area contributed by atoms with E-state index in [4.69, 9.17) is 26.4 Å². The number of rotatable bonds is 8. The summed E-state index contributed by atoms with van der Waals surface area (Å²) in [5.41, 5.74) is 3.19. The quantitative estimate of drug-likeness (QED) is 0.300. The van der Waals surface area contributed by atoms with E-state index in [2.05, 4.69) is 39.0 Å². The molecule has 1 heterocycles. The molecule has 1 saturated heterocycles. The minimum atomic E-state index is -0.0941. The van der Waals surface area contributed by atoms with Crippen LogP contribution in [-0.4, -0.2) is 42.5 Å². The topological polar surface area (TPSA) is 48.0 Å². The molecular formula is C24H27NO4S2. The van der Waals surface area contributed by atoms with E-state index in [0.717, 1.165) is 16.9 Å². The van der Waals surface area contributed by atoms with E-state index in [1.807, 2.05) is 24.3 Å². The number of hydrogen-bond acceptors (Lipinski definition) is 6. The van der Waals surface area contributed by atoms with Crippen LogP contribution in [0.4, 0.5) is 0 Å². The molecule has 0 unspecified atom stereocenters. The lowest BCUT2D eigenvalue weighted by Gasteiger charge is -2.16. The second-order valence-electron chi connectivity index (χ2n) is 7.54. The number of thioether (sulfide) groups is 1. The van der Waals surface area contributed by atoms with E-state index >= 15 is 0 Å². The Bertz CT molecular complexity index is 1020. The van der Waals surface area contributed by atoms with E-state index in [1.165, 1.54) is 22.2 Å². The summed E-state index contributed by atoms with van der Waals surface area (Å²) in [5.74, 6) is 2.41. The molecule has 1 aliphatic rings. The second kappa shape index (κ2) is 10.2. The average molecular weight is 458 g/mol. The zero-order valence-corrected chi connectivity index (χ0v) is 20.1. The van der Waals surface area contributed by atoms with E-state index in [1.54, 1.807) is 14.2 Å². The zero-order chi connectivity index (χ0) is 22.5. The number of likely N-dealkylation sites (N-methyl/N-ethyl adjacent to an activating group) is 1. The van der Waals surface area contributed by atoms with Crippen molar-refractivity contribution in [3.63, 3.8) is 0 Å². The highest BCUT2D eigenvalue weighted by atomic mass is 32.2. The van der Waals surface area contributed by atoms with Crippen LogP contribution in [0.3, 0.4) is 0 Å². The number of benzene rings is 2. The van der Waals surface area contributed by atoms with Crippen molar-refractivity contribution in [2.24, 2.45) is 0 Å². The fourth-order valence-corrected chi connectivity index (χ4v) is 4.32. The van der Waals surface area contributed by atoms with Gasteiger partial charge in [-0.3, -0.25) is 9.69 Å². The van der Waals surface area contributed by atoms with E-state index in [9.17, 15) is 4.79 Å². The molecule has 2 aromatic rings. The van der Waals surface area contributed by atoms with Gasteiger partial charge in [0.15, 0.2) is 11.5 Å². The minimum Gasteiger partial charge on any atom is -0.493 e. The van der Waals surface area contributed by atoms with Crippen LogP contribution in [0.15, 0.2) is 41.3 Å². The molecule has 164 valence electrons. The van der Waals surface area contributed by atoms with Crippen LogP contribution in [0, 0.1) is 6.92 Å². The molecule has 0 atom stereocenters. The van der Waals surface area contributed by atoms with Crippen LogP contribution in [0.5, 0.6) is 17.2 Å². The smallest absolute Gasteiger partial charge is 0.265 e. The fraction of sp³-hybridized carbons (Fsp3) is 0.333. The number of carbonyl (C=O) groups is 1. The molecule has 5 nitrogen and oxygen atoms in total. The molecule has 7 heteroatoms. The average Bonchev–Trinajstić information content (AvgIpc) is 2.98. The van der Waals surface area contributed by atoms with E-state index in [-0.39, 0.29) is 5.91 Å². The lowest BCUT2D eigenvalue weighted by molar-refractivity contribution is -0.121. The summed E-state index contributed by atoms with van der Waals surface area (Å²) < 4.78 is 17.9. The maximum Gasteiger partial charge on any atom is 0.265 e. The first kappa shape index (κ1) is 23.2. The Labute approximate surface area is 193 Å². The molecule has 2 aromatic carbocycles. The molecule has 1 fully saturated rings. The molecule has 0 bridgehead atoms. The van der Waals surface area contributed by atoms with Gasteiger partial charge in [-0.25, -0.2) is 0 Å². The molecule has 1 aliphatic heterocycles. The number of amides is 1. The largest absolute Gasteiger partial charge is 0.493 e. The molecule has 0 aliphatic carbocycles. The molecule has 31 heavy (non-hydrogen) atoms. The molecular weight excluding hydrogens is 430 g/mol. The normalized spacial score (nSPS) is 15.2. The Morgan fingerprint density at radius 2 is 1.77 bits per heavy atom. The summed E-state index contributed by atoms with van der Waals surface area (Å²) in [6.07, 6.45) is 1.81. The summed E-state index contributed by atoms with van der Waals surface area (Å²) in [7, 11) is 3.27. The summed E-state index contributed by atoms with van der Waals surface area (Å²) in [4.78, 5) is 14.3. The number of ether oxygens (including phenoxy) is 3. The van der Waals surface area contributed by atoms with Crippen molar-refractivity contribution >= 4 is 40.3 Å². The van der Waals surface area contributed by atoms with Crippen molar-refractivity contribution in [1.29, 1.82) is 0 Å². The van der Waals surface area contributed by atoms with Gasteiger partial charge in [0.2, 0.25) is 0 Å². The molecule has 0 radical (unpaired) electrons. The third-order valence-electron chi connectivity index (χ3n) is 4.86. The zero-order valence-electron chi connectivity index (χ0n) is 18.4. The van der Waals surface area contributed by atoms with E-state index in [0.29, 0.717) is 39.9 Å². The van der Waals surface area contributed by atoms with Gasteiger partial charge in [0.05, 0.1) is 12.0 Å². The van der Waals surface area contributed by atoms with E-state index < -0.39 is 0 Å². The lowest BCUT2D eigenvalue weighted by Crippen LogP contribution is -2.22. The number of hydrogen-bond donors (Lipinski definition) is 0. The summed E-state index contributed by atoms with van der Waals surface area (Å²) in [6.45, 7) is 7.17. The number of aryl methyl sites for hydroxylation is 1. The van der Waals surface area contributed by atoms with Crippen molar-refractivity contribution in [2.45, 2.75) is 26.7 Å². The van der Waals surface area contributed by atoms with Gasteiger partial charge in [-0.1, -0.05) is 56.0 Å². The van der Waals surface area contributed by atoms with Gasteiger partial charge in [-0.05, 0) is 53.8 Å². The molecule has 0 N–H and O–H groups in total. The highest BCUT2D eigenvalue weighted by Gasteiger charge is 2.28. The number of thiocarbonyl (C=S) groups is 1. The second-order valence-corrected chi connectivity index (χ2v) is 9.22. The predicted molar refractivity (Wildman–Crippen MR) is 130 cm³/mol. The minimum absolute atomic E-state index is 0.0941. The maximum absolute atomic E-state index is 12.2. The van der Waals surface area contributed by atoms with Gasteiger partial charge in [0, 0.05) is 7.05 Å². The van der Waals surface area contributed by atoms with Gasteiger partial charge < -0.3 is 14.2 Å². The SMILES string of the molecule is COc1cc(C=C2SC(=S)N(C)C2=O)ccc1OCCOc1cc(C)ccc1C(C)C. The monoisotopic (exact) mass is 457 g/mol. The standard InChI is InChI=1S/C24H27NO4S2/c1-15(2)18-8-6-16(3)12-20(18)29-11-10-28-19-9-7-17(13-21(19)27-5)14-22-23(26)25(4)24(30)31-22/h6-9,12-15H,10-11H2,1-5H3.